The average molecular weight is 656 g/mol. The van der Waals surface area contributed by atoms with Crippen LogP contribution < -0.4 is 15.4 Å². The zero-order chi connectivity index (χ0) is 33.2. The Labute approximate surface area is 279 Å². The van der Waals surface area contributed by atoms with Gasteiger partial charge in [-0.3, -0.25) is 14.4 Å². The molecule has 13 heteroatoms. The van der Waals surface area contributed by atoms with E-state index in [2.05, 4.69) is 21.0 Å². The predicted molar refractivity (Wildman–Crippen MR) is 175 cm³/mol. The van der Waals surface area contributed by atoms with E-state index >= 15 is 0 Å². The third-order valence-electron chi connectivity index (χ3n) is 11.1. The normalized spacial score (nSPS) is 26.3. The number of nitrogens with zero attached hydrogens (tertiary/aromatic N) is 8. The van der Waals surface area contributed by atoms with E-state index in [1.807, 2.05) is 22.9 Å². The van der Waals surface area contributed by atoms with Crippen LogP contribution in [-0.4, -0.2) is 87.5 Å². The molecule has 2 N–H and O–H groups in total. The first-order valence-electron chi connectivity index (χ1n) is 17.1. The number of nitrogens with two attached hydrogens (primary N) is 1. The van der Waals surface area contributed by atoms with Crippen LogP contribution in [0, 0.1) is 11.3 Å². The minimum Gasteiger partial charge on any atom is -0.461 e. The van der Waals surface area contributed by atoms with Crippen LogP contribution in [0.5, 0.6) is 6.01 Å². The van der Waals surface area contributed by atoms with Crippen molar-refractivity contribution in [3.63, 3.8) is 0 Å². The summed E-state index contributed by atoms with van der Waals surface area (Å²) in [6, 6.07) is 8.34. The molecule has 2 aromatic heterocycles. The maximum atomic E-state index is 14.6. The summed E-state index contributed by atoms with van der Waals surface area (Å²) in [7, 11) is 3.45. The lowest BCUT2D eigenvalue weighted by Crippen LogP contribution is -2.44. The fourth-order valence-electron chi connectivity index (χ4n) is 8.79. The summed E-state index contributed by atoms with van der Waals surface area (Å²) < 4.78 is 29.8. The summed E-state index contributed by atoms with van der Waals surface area (Å²) >= 11 is 0. The zero-order valence-electron chi connectivity index (χ0n) is 27.7. The van der Waals surface area contributed by atoms with E-state index in [1.165, 1.54) is 4.90 Å². The van der Waals surface area contributed by atoms with E-state index < -0.39 is 11.8 Å². The Morgan fingerprint density at radius 3 is 2.92 bits per heavy atom. The molecule has 0 unspecified atom stereocenters. The molecule has 12 nitrogen and oxygen atoms in total. The highest BCUT2D eigenvalue weighted by atomic mass is 19.1. The van der Waals surface area contributed by atoms with Crippen LogP contribution in [0.3, 0.4) is 0 Å². The molecule has 3 aromatic rings. The summed E-state index contributed by atoms with van der Waals surface area (Å²) in [5, 5.41) is 14.8. The van der Waals surface area contributed by atoms with Gasteiger partial charge in [0, 0.05) is 63.4 Å². The zero-order valence-corrected chi connectivity index (χ0v) is 27.7. The van der Waals surface area contributed by atoms with Gasteiger partial charge in [-0.2, -0.15) is 20.3 Å². The van der Waals surface area contributed by atoms with Crippen molar-refractivity contribution in [2.24, 2.45) is 0 Å². The minimum absolute atomic E-state index is 0.135. The van der Waals surface area contributed by atoms with Crippen molar-refractivity contribution in [3.05, 3.63) is 57.5 Å². The first-order chi connectivity index (χ1) is 23.2. The molecule has 48 heavy (non-hydrogen) atoms. The van der Waals surface area contributed by atoms with Gasteiger partial charge in [0.2, 0.25) is 0 Å². The first kappa shape index (κ1) is 31.0. The lowest BCUT2D eigenvalue weighted by Gasteiger charge is -2.43. The average Bonchev–Trinajstić information content (AvgIpc) is 3.70. The number of anilines is 2. The molecule has 8 rings (SSSR count). The second-order valence-corrected chi connectivity index (χ2v) is 14.3. The molecule has 0 radical (unpaired) electrons. The highest BCUT2D eigenvalue weighted by Crippen LogP contribution is 2.48. The van der Waals surface area contributed by atoms with Gasteiger partial charge in [-0.25, -0.2) is 4.39 Å². The number of ether oxygens (including phenoxy) is 2. The highest BCUT2D eigenvalue weighted by molar-refractivity contribution is 5.92. The Balaban J connectivity index is 1.18. The van der Waals surface area contributed by atoms with Gasteiger partial charge in [0.15, 0.2) is 5.69 Å². The lowest BCUT2D eigenvalue weighted by molar-refractivity contribution is -0.0857. The van der Waals surface area contributed by atoms with Gasteiger partial charge in [-0.15, -0.1) is 0 Å². The van der Waals surface area contributed by atoms with E-state index in [9.17, 15) is 14.4 Å². The number of aryl methyl sites for hydroxylation is 2. The molecule has 1 spiro atoms. The van der Waals surface area contributed by atoms with E-state index in [0.29, 0.717) is 62.6 Å². The van der Waals surface area contributed by atoms with Crippen molar-refractivity contribution in [2.45, 2.75) is 88.4 Å². The maximum Gasteiger partial charge on any atom is 0.318 e. The molecule has 3 atom stereocenters. The highest BCUT2D eigenvalue weighted by Gasteiger charge is 2.50. The van der Waals surface area contributed by atoms with Crippen LogP contribution >= 0.6 is 0 Å². The van der Waals surface area contributed by atoms with Crippen molar-refractivity contribution < 1.29 is 18.7 Å². The van der Waals surface area contributed by atoms with Crippen LogP contribution in [0.1, 0.15) is 82.7 Å². The van der Waals surface area contributed by atoms with Gasteiger partial charge in [0.1, 0.15) is 30.3 Å². The number of rotatable bonds is 5. The first-order valence-corrected chi connectivity index (χ1v) is 17.1. The van der Waals surface area contributed by atoms with E-state index in [-0.39, 0.29) is 24.1 Å². The van der Waals surface area contributed by atoms with E-state index in [1.54, 1.807) is 14.1 Å². The van der Waals surface area contributed by atoms with Gasteiger partial charge in [-0.1, -0.05) is 6.07 Å². The molecule has 2 fully saturated rings. The second-order valence-electron chi connectivity index (χ2n) is 14.3. The number of carbonyl (C=O) groups is 1. The van der Waals surface area contributed by atoms with Crippen molar-refractivity contribution in [1.82, 2.24) is 29.5 Å². The van der Waals surface area contributed by atoms with Gasteiger partial charge in [0.05, 0.1) is 35.6 Å². The third kappa shape index (κ3) is 5.08. The number of aromatic nitrogens is 4. The van der Waals surface area contributed by atoms with Crippen molar-refractivity contribution in [1.29, 1.82) is 5.26 Å². The quantitative estimate of drug-likeness (QED) is 0.407. The second kappa shape index (κ2) is 11.7. The SMILES string of the molecule is CN(C)C(=O)c1cc2n(n1)CCCN(c1nc(OC[C@@]34CCCN3C[C@H](F)C4)nc3c1CO[C@@]1(CCCc4ccc(N)c(C#N)c41)C3)C2. The largest absolute Gasteiger partial charge is 0.461 e. The van der Waals surface area contributed by atoms with Gasteiger partial charge >= 0.3 is 6.01 Å². The molecule has 4 aliphatic heterocycles. The van der Waals surface area contributed by atoms with Crippen molar-refractivity contribution in [3.8, 4) is 12.1 Å². The summed E-state index contributed by atoms with van der Waals surface area (Å²) in [5.74, 6) is 0.600. The Bertz CT molecular complexity index is 1820. The molecule has 2 saturated heterocycles. The molecular weight excluding hydrogens is 613 g/mol. The Kier molecular flexibility index (Phi) is 7.56. The molecule has 5 aliphatic rings. The number of amides is 1. The molecular formula is C35H42FN9O3. The number of hydrogen-bond acceptors (Lipinski definition) is 10. The number of nitriles is 1. The maximum absolute atomic E-state index is 14.6. The number of halogens is 1. The molecule has 0 bridgehead atoms. The third-order valence-corrected chi connectivity index (χ3v) is 11.1. The number of benzene rings is 1. The van der Waals surface area contributed by atoms with E-state index in [4.69, 9.17) is 25.2 Å². The van der Waals surface area contributed by atoms with Crippen LogP contribution in [-0.2, 0) is 42.9 Å². The number of nitrogen functional groups attached to an aromatic ring is 1. The fourth-order valence-corrected chi connectivity index (χ4v) is 8.79. The fraction of sp³-hybridized carbons (Fsp3) is 0.571. The van der Waals surface area contributed by atoms with Crippen LogP contribution in [0.2, 0.25) is 0 Å². The minimum atomic E-state index is -0.856. The van der Waals surface area contributed by atoms with Gasteiger partial charge < -0.3 is 25.0 Å². The van der Waals surface area contributed by atoms with E-state index in [0.717, 1.165) is 79.0 Å². The Morgan fingerprint density at radius 1 is 1.21 bits per heavy atom. The smallest absolute Gasteiger partial charge is 0.318 e. The summed E-state index contributed by atoms with van der Waals surface area (Å²) in [6.45, 7) is 3.82. The summed E-state index contributed by atoms with van der Waals surface area (Å²) in [4.78, 5) is 28.8. The number of alkyl halides is 1. The number of carbonyl (C=O) groups excluding carboxylic acids is 1. The van der Waals surface area contributed by atoms with Crippen LogP contribution in [0.25, 0.3) is 0 Å². The molecule has 1 aromatic carbocycles. The van der Waals surface area contributed by atoms with Crippen LogP contribution in [0.4, 0.5) is 15.9 Å². The molecule has 1 aliphatic carbocycles. The van der Waals surface area contributed by atoms with Crippen molar-refractivity contribution in [2.75, 3.05) is 51.0 Å². The summed E-state index contributed by atoms with van der Waals surface area (Å²) in [5.41, 5.74) is 11.2. The number of fused-ring (bicyclic) bond motifs is 5. The standard InChI is InChI=1S/C35H42FN9O3/c1-42(2)32(46)28-14-24-19-43(11-5-13-45(24)41-28)31-26-20-48-35(10-3-6-22-7-8-27(38)25(17-37)30(22)35)16-29(26)39-33(40-31)47-21-34-9-4-12-44(34)18-23(36)15-34/h7-8,14,23H,3-6,9-13,15-16,18-21,38H2,1-2H3/t23-,34+,35+/m1/s1. The van der Waals surface area contributed by atoms with Crippen LogP contribution in [0.15, 0.2) is 18.2 Å². The Hall–Kier alpha value is -4.28. The molecule has 6 heterocycles. The monoisotopic (exact) mass is 655 g/mol. The van der Waals surface area contributed by atoms with Crippen molar-refractivity contribution >= 4 is 17.4 Å². The summed E-state index contributed by atoms with van der Waals surface area (Å²) in [6.07, 6.45) is 5.30. The Morgan fingerprint density at radius 2 is 2.08 bits per heavy atom. The topological polar surface area (TPSA) is 139 Å². The molecule has 252 valence electrons. The van der Waals surface area contributed by atoms with Gasteiger partial charge in [-0.05, 0) is 62.8 Å². The number of hydrogen-bond donors (Lipinski definition) is 1. The predicted octanol–water partition coefficient (Wildman–Crippen LogP) is 3.50. The lowest BCUT2D eigenvalue weighted by atomic mass is 9.72. The van der Waals surface area contributed by atoms with Gasteiger partial charge in [0.25, 0.3) is 5.91 Å². The molecule has 1 amide bonds. The molecule has 0 saturated carbocycles.